The van der Waals surface area contributed by atoms with Gasteiger partial charge in [-0.2, -0.15) is 0 Å². The van der Waals surface area contributed by atoms with Gasteiger partial charge in [0.15, 0.2) is 5.82 Å². The third-order valence-corrected chi connectivity index (χ3v) is 6.69. The highest BCUT2D eigenvalue weighted by atomic mass is 19.1. The number of benzene rings is 1. The Morgan fingerprint density at radius 3 is 2.67 bits per heavy atom. The summed E-state index contributed by atoms with van der Waals surface area (Å²) >= 11 is 0. The Labute approximate surface area is 174 Å². The molecule has 156 valence electrons. The lowest BCUT2D eigenvalue weighted by Gasteiger charge is -2.40. The molecule has 0 spiro atoms. The number of phenolic OH excluding ortho intramolecular Hbond substituents is 1. The minimum atomic E-state index is -0.736. The second kappa shape index (κ2) is 7.36. The first-order valence-electron chi connectivity index (χ1n) is 10.3. The zero-order valence-electron chi connectivity index (χ0n) is 17.1. The van der Waals surface area contributed by atoms with Crippen molar-refractivity contribution in [3.63, 3.8) is 0 Å². The van der Waals surface area contributed by atoms with Crippen LogP contribution in [0.1, 0.15) is 19.3 Å². The fourth-order valence-electron chi connectivity index (χ4n) is 4.84. The molecule has 2 aliphatic heterocycles. The minimum absolute atomic E-state index is 0.00519. The molecular weight excluding hydrogens is 383 g/mol. The second-order valence-electron chi connectivity index (χ2n) is 8.32. The van der Waals surface area contributed by atoms with Crippen LogP contribution in [0.2, 0.25) is 0 Å². The van der Waals surface area contributed by atoms with Gasteiger partial charge < -0.3 is 14.6 Å². The molecule has 8 heteroatoms. The van der Waals surface area contributed by atoms with Gasteiger partial charge in [-0.3, -0.25) is 4.90 Å². The molecule has 0 radical (unpaired) electrons. The Hall–Kier alpha value is -3.00. The van der Waals surface area contributed by atoms with Crippen molar-refractivity contribution in [3.8, 4) is 22.7 Å². The summed E-state index contributed by atoms with van der Waals surface area (Å²) in [7, 11) is 4.04. The van der Waals surface area contributed by atoms with E-state index in [0.29, 0.717) is 23.7 Å². The van der Waals surface area contributed by atoms with Crippen LogP contribution in [0.3, 0.4) is 0 Å². The molecule has 30 heavy (non-hydrogen) atoms. The molecule has 2 aromatic heterocycles. The number of imidazole rings is 1. The van der Waals surface area contributed by atoms with Gasteiger partial charge in [-0.1, -0.05) is 0 Å². The number of piperidine rings is 1. The molecule has 1 N–H and O–H groups in total. The highest BCUT2D eigenvalue weighted by Crippen LogP contribution is 2.38. The highest BCUT2D eigenvalue weighted by molar-refractivity contribution is 5.69. The first-order valence-corrected chi connectivity index (χ1v) is 10.3. The third-order valence-electron chi connectivity index (χ3n) is 6.69. The monoisotopic (exact) mass is 408 g/mol. The maximum atomic E-state index is 14.2. The van der Waals surface area contributed by atoms with Gasteiger partial charge in [0.1, 0.15) is 11.9 Å². The number of aromatic hydroxyl groups is 1. The Morgan fingerprint density at radius 1 is 1.13 bits per heavy atom. The topological polar surface area (TPSA) is 70.3 Å². The smallest absolute Gasteiger partial charge is 0.151 e. The summed E-state index contributed by atoms with van der Waals surface area (Å²) in [4.78, 5) is 8.34. The van der Waals surface area contributed by atoms with Crippen molar-refractivity contribution in [3.05, 3.63) is 49.1 Å². The lowest BCUT2D eigenvalue weighted by Crippen LogP contribution is -2.49. The Morgan fingerprint density at radius 2 is 2.00 bits per heavy atom. The van der Waals surface area contributed by atoms with Crippen LogP contribution in [-0.4, -0.2) is 68.1 Å². The molecular formula is C22H25FN6O. The van der Waals surface area contributed by atoms with E-state index < -0.39 is 6.17 Å². The minimum Gasteiger partial charge on any atom is -0.507 e. The molecule has 2 unspecified atom stereocenters. The Balaban J connectivity index is 1.33. The van der Waals surface area contributed by atoms with E-state index in [4.69, 9.17) is 0 Å². The van der Waals surface area contributed by atoms with Crippen molar-refractivity contribution in [2.75, 3.05) is 19.0 Å². The lowest BCUT2D eigenvalue weighted by atomic mass is 9.96. The zero-order chi connectivity index (χ0) is 20.8. The van der Waals surface area contributed by atoms with Gasteiger partial charge in [0.05, 0.1) is 17.7 Å². The van der Waals surface area contributed by atoms with Crippen molar-refractivity contribution < 1.29 is 9.50 Å². The lowest BCUT2D eigenvalue weighted by molar-refractivity contribution is 0.136. The molecule has 1 aromatic carbocycles. The molecule has 7 nitrogen and oxygen atoms in total. The molecule has 4 atom stereocenters. The van der Waals surface area contributed by atoms with E-state index in [1.165, 1.54) is 0 Å². The van der Waals surface area contributed by atoms with Crippen molar-refractivity contribution >= 4 is 5.82 Å². The van der Waals surface area contributed by atoms with Crippen molar-refractivity contribution in [2.45, 2.75) is 43.6 Å². The molecule has 0 aliphatic carbocycles. The maximum Gasteiger partial charge on any atom is 0.151 e. The second-order valence-corrected chi connectivity index (χ2v) is 8.32. The summed E-state index contributed by atoms with van der Waals surface area (Å²) in [6.07, 6.45) is 6.81. The van der Waals surface area contributed by atoms with E-state index in [1.54, 1.807) is 18.6 Å². The van der Waals surface area contributed by atoms with Crippen LogP contribution < -0.4 is 4.90 Å². The summed E-state index contributed by atoms with van der Waals surface area (Å²) in [6, 6.07) is 9.73. The molecule has 2 bridgehead atoms. The normalized spacial score (nSPS) is 26.1. The zero-order valence-corrected chi connectivity index (χ0v) is 17.1. The van der Waals surface area contributed by atoms with Gasteiger partial charge in [0.25, 0.3) is 0 Å². The SMILES string of the molecule is CN1C2C[C@H](N(C)c3ccc(-c4ccc(-n5ccnc5)cc4O)nn3)CC1[C@@H](F)C2. The predicted molar refractivity (Wildman–Crippen MR) is 113 cm³/mol. The summed E-state index contributed by atoms with van der Waals surface area (Å²) in [6.45, 7) is 0. The quantitative estimate of drug-likeness (QED) is 0.716. The van der Waals surface area contributed by atoms with Crippen molar-refractivity contribution in [1.29, 1.82) is 0 Å². The van der Waals surface area contributed by atoms with Gasteiger partial charge in [-0.15, -0.1) is 10.2 Å². The number of fused-ring (bicyclic) bond motifs is 2. The van der Waals surface area contributed by atoms with Crippen molar-refractivity contribution in [2.24, 2.45) is 0 Å². The van der Waals surface area contributed by atoms with Crippen LogP contribution in [0.25, 0.3) is 16.9 Å². The molecule has 3 aromatic rings. The predicted octanol–water partition coefficient (Wildman–Crippen LogP) is 3.04. The Kier molecular flexibility index (Phi) is 4.66. The van der Waals surface area contributed by atoms with E-state index in [-0.39, 0.29) is 17.8 Å². The molecule has 2 aliphatic rings. The number of rotatable bonds is 4. The summed E-state index contributed by atoms with van der Waals surface area (Å²) in [5.41, 5.74) is 2.05. The van der Waals surface area contributed by atoms with Crippen LogP contribution in [0, 0.1) is 0 Å². The fraction of sp³-hybridized carbons (Fsp3) is 0.409. The third kappa shape index (κ3) is 3.21. The number of hydrogen-bond acceptors (Lipinski definition) is 6. The van der Waals surface area contributed by atoms with E-state index in [2.05, 4.69) is 25.0 Å². The average Bonchev–Trinajstić information content (AvgIpc) is 3.33. The number of anilines is 1. The van der Waals surface area contributed by atoms with E-state index in [9.17, 15) is 9.50 Å². The van der Waals surface area contributed by atoms with Gasteiger partial charge in [0.2, 0.25) is 0 Å². The first kappa shape index (κ1) is 19.0. The Bertz CT molecular complexity index is 1020. The highest BCUT2D eigenvalue weighted by Gasteiger charge is 2.46. The number of phenols is 1. The van der Waals surface area contributed by atoms with Crippen LogP contribution >= 0.6 is 0 Å². The number of alkyl halides is 1. The largest absolute Gasteiger partial charge is 0.507 e. The standard InChI is InChI=1S/C22H25FN6O/c1-27-15-9-16(11-20(27)18(23)10-15)28(2)22-6-5-19(25-26-22)17-4-3-14(12-21(17)30)29-8-7-24-13-29/h3-8,12-13,15-16,18,20,30H,9-11H2,1-2H3/t15?,16-,18-,20?/m0/s1. The first-order chi connectivity index (χ1) is 14.5. The molecule has 5 rings (SSSR count). The van der Waals surface area contributed by atoms with Crippen LogP contribution in [0.5, 0.6) is 5.75 Å². The summed E-state index contributed by atoms with van der Waals surface area (Å²) in [5.74, 6) is 0.898. The molecule has 4 heterocycles. The number of aromatic nitrogens is 4. The van der Waals surface area contributed by atoms with E-state index in [1.807, 2.05) is 49.1 Å². The summed E-state index contributed by atoms with van der Waals surface area (Å²) < 4.78 is 16.1. The van der Waals surface area contributed by atoms with Crippen LogP contribution in [0.4, 0.5) is 10.2 Å². The van der Waals surface area contributed by atoms with Gasteiger partial charge in [0, 0.05) is 49.2 Å². The number of hydrogen-bond donors (Lipinski definition) is 1. The number of nitrogens with zero attached hydrogens (tertiary/aromatic N) is 6. The van der Waals surface area contributed by atoms with Crippen LogP contribution in [0.15, 0.2) is 49.1 Å². The van der Waals surface area contributed by atoms with E-state index in [0.717, 1.165) is 24.3 Å². The van der Waals surface area contributed by atoms with Gasteiger partial charge >= 0.3 is 0 Å². The van der Waals surface area contributed by atoms with E-state index >= 15 is 0 Å². The average molecular weight is 408 g/mol. The van der Waals surface area contributed by atoms with Gasteiger partial charge in [-0.25, -0.2) is 9.37 Å². The molecule has 0 amide bonds. The molecule has 2 fully saturated rings. The maximum absolute atomic E-state index is 14.2. The number of halogens is 1. The van der Waals surface area contributed by atoms with Gasteiger partial charge in [-0.05, 0) is 50.6 Å². The summed E-state index contributed by atoms with van der Waals surface area (Å²) in [5, 5.41) is 19.2. The fourth-order valence-corrected chi connectivity index (χ4v) is 4.84. The molecule has 2 saturated heterocycles. The van der Waals surface area contributed by atoms with Crippen LogP contribution in [-0.2, 0) is 0 Å². The molecule has 0 saturated carbocycles. The van der Waals surface area contributed by atoms with Crippen molar-refractivity contribution in [1.82, 2.24) is 24.6 Å².